The van der Waals surface area contributed by atoms with Crippen molar-refractivity contribution in [3.05, 3.63) is 24.8 Å². The molecule has 0 bridgehead atoms. The van der Waals surface area contributed by atoms with Crippen molar-refractivity contribution in [2.45, 2.75) is 19.4 Å². The van der Waals surface area contributed by atoms with Crippen molar-refractivity contribution in [1.82, 2.24) is 9.55 Å². The number of halogens is 1. The van der Waals surface area contributed by atoms with Gasteiger partial charge in [-0.25, -0.2) is 4.98 Å². The number of hydrogen-bond donors (Lipinski definition) is 1. The summed E-state index contributed by atoms with van der Waals surface area (Å²) in [6.07, 6.45) is 6.17. The van der Waals surface area contributed by atoms with Gasteiger partial charge in [-0.1, -0.05) is 13.5 Å². The first-order chi connectivity index (χ1) is 5.29. The molecule has 0 radical (unpaired) electrons. The van der Waals surface area contributed by atoms with Gasteiger partial charge in [-0.15, -0.1) is 12.4 Å². The zero-order valence-corrected chi connectivity index (χ0v) is 7.92. The van der Waals surface area contributed by atoms with Crippen LogP contribution in [0.3, 0.4) is 0 Å². The molecule has 1 aromatic heterocycles. The highest BCUT2D eigenvalue weighted by atomic mass is 35.5. The number of imidazole rings is 1. The number of aromatic nitrogens is 2. The van der Waals surface area contributed by atoms with E-state index in [1.54, 1.807) is 12.4 Å². The maximum atomic E-state index is 5.78. The van der Waals surface area contributed by atoms with Crippen LogP contribution in [0.5, 0.6) is 0 Å². The lowest BCUT2D eigenvalue weighted by Gasteiger charge is -2.07. The van der Waals surface area contributed by atoms with Crippen LogP contribution in [-0.2, 0) is 0 Å². The Morgan fingerprint density at radius 2 is 2.50 bits per heavy atom. The Hall–Kier alpha value is -0.800. The first-order valence-electron chi connectivity index (χ1n) is 3.70. The maximum Gasteiger partial charge on any atom is 0.129 e. The van der Waals surface area contributed by atoms with Gasteiger partial charge in [0, 0.05) is 18.6 Å². The van der Waals surface area contributed by atoms with Gasteiger partial charge in [-0.2, -0.15) is 0 Å². The minimum atomic E-state index is 0. The Morgan fingerprint density at radius 3 is 3.00 bits per heavy atom. The van der Waals surface area contributed by atoms with Gasteiger partial charge in [-0.3, -0.25) is 0 Å². The summed E-state index contributed by atoms with van der Waals surface area (Å²) in [6.45, 7) is 5.68. The molecule has 0 spiro atoms. The number of hydrogen-bond acceptors (Lipinski definition) is 2. The first kappa shape index (κ1) is 11.2. The van der Waals surface area contributed by atoms with Crippen molar-refractivity contribution in [2.24, 2.45) is 5.73 Å². The summed E-state index contributed by atoms with van der Waals surface area (Å²) in [5, 5.41) is 0. The van der Waals surface area contributed by atoms with Crippen LogP contribution in [0.4, 0.5) is 0 Å². The summed E-state index contributed by atoms with van der Waals surface area (Å²) in [4.78, 5) is 4.12. The quantitative estimate of drug-likeness (QED) is 0.785. The highest BCUT2D eigenvalue weighted by Gasteiger charge is 2.07. The second-order valence-corrected chi connectivity index (χ2v) is 2.39. The van der Waals surface area contributed by atoms with Gasteiger partial charge in [0.25, 0.3) is 0 Å². The van der Waals surface area contributed by atoms with Crippen molar-refractivity contribution < 1.29 is 0 Å². The van der Waals surface area contributed by atoms with Gasteiger partial charge < -0.3 is 10.3 Å². The standard InChI is InChI=1S/C8H13N3.ClH/c1-3-7(9)8-10-5-6-11(8)4-2;/h4-7H,2-3,9H2,1H3;1H. The van der Waals surface area contributed by atoms with Gasteiger partial charge in [0.05, 0.1) is 6.04 Å². The zero-order valence-electron chi connectivity index (χ0n) is 7.10. The Morgan fingerprint density at radius 1 is 1.83 bits per heavy atom. The SMILES string of the molecule is C=Cn1ccnc1C(N)CC.Cl. The Labute approximate surface area is 78.7 Å². The second kappa shape index (κ2) is 4.95. The van der Waals surface area contributed by atoms with Crippen LogP contribution in [0.25, 0.3) is 6.20 Å². The summed E-state index contributed by atoms with van der Waals surface area (Å²) in [5.74, 6) is 0.877. The van der Waals surface area contributed by atoms with Crippen LogP contribution in [-0.4, -0.2) is 9.55 Å². The molecule has 1 rings (SSSR count). The largest absolute Gasteiger partial charge is 0.321 e. The maximum absolute atomic E-state index is 5.78. The van der Waals surface area contributed by atoms with Gasteiger partial charge in [0.1, 0.15) is 5.82 Å². The number of nitrogens with two attached hydrogens (primary N) is 1. The van der Waals surface area contributed by atoms with E-state index in [0.717, 1.165) is 12.2 Å². The lowest BCUT2D eigenvalue weighted by molar-refractivity contribution is 0.643. The lowest BCUT2D eigenvalue weighted by atomic mass is 10.2. The molecule has 0 fully saturated rings. The molecule has 0 aliphatic heterocycles. The van der Waals surface area contributed by atoms with Crippen LogP contribution in [0.1, 0.15) is 25.2 Å². The molecule has 68 valence electrons. The molecule has 0 aliphatic rings. The smallest absolute Gasteiger partial charge is 0.129 e. The molecule has 1 heterocycles. The fraction of sp³-hybridized carbons (Fsp3) is 0.375. The molecule has 0 amide bonds. The monoisotopic (exact) mass is 187 g/mol. The zero-order chi connectivity index (χ0) is 8.27. The van der Waals surface area contributed by atoms with Crippen molar-refractivity contribution in [2.75, 3.05) is 0 Å². The highest BCUT2D eigenvalue weighted by molar-refractivity contribution is 5.85. The second-order valence-electron chi connectivity index (χ2n) is 2.39. The molecule has 0 saturated carbocycles. The molecule has 12 heavy (non-hydrogen) atoms. The molecule has 3 nitrogen and oxygen atoms in total. The highest BCUT2D eigenvalue weighted by Crippen LogP contribution is 2.10. The topological polar surface area (TPSA) is 43.8 Å². The van der Waals surface area contributed by atoms with Crippen molar-refractivity contribution in [1.29, 1.82) is 0 Å². The molecule has 0 aliphatic carbocycles. The van der Waals surface area contributed by atoms with Crippen LogP contribution >= 0.6 is 12.4 Å². The molecule has 0 saturated heterocycles. The molecule has 0 aromatic carbocycles. The predicted octanol–water partition coefficient (Wildman–Crippen LogP) is 1.82. The van der Waals surface area contributed by atoms with E-state index in [1.165, 1.54) is 0 Å². The van der Waals surface area contributed by atoms with Crippen LogP contribution in [0.15, 0.2) is 19.0 Å². The minimum Gasteiger partial charge on any atom is -0.321 e. The fourth-order valence-corrected chi connectivity index (χ4v) is 0.949. The van der Waals surface area contributed by atoms with Crippen molar-refractivity contribution >= 4 is 18.6 Å². The van der Waals surface area contributed by atoms with E-state index in [9.17, 15) is 0 Å². The molecular formula is C8H14ClN3. The predicted molar refractivity (Wildman–Crippen MR) is 53.1 cm³/mol. The van der Waals surface area contributed by atoms with Crippen molar-refractivity contribution in [3.63, 3.8) is 0 Å². The third-order valence-electron chi connectivity index (χ3n) is 1.67. The van der Waals surface area contributed by atoms with E-state index in [1.807, 2.05) is 17.7 Å². The van der Waals surface area contributed by atoms with E-state index in [4.69, 9.17) is 5.73 Å². The minimum absolute atomic E-state index is 0. The van der Waals surface area contributed by atoms with Crippen LogP contribution < -0.4 is 5.73 Å². The summed E-state index contributed by atoms with van der Waals surface area (Å²) in [6, 6.07) is 0.0167. The normalized spacial score (nSPS) is 11.8. The van der Waals surface area contributed by atoms with Gasteiger partial charge >= 0.3 is 0 Å². The number of nitrogens with zero attached hydrogens (tertiary/aromatic N) is 2. The Balaban J connectivity index is 0.00000121. The third kappa shape index (κ3) is 2.09. The van der Waals surface area contributed by atoms with Crippen LogP contribution in [0, 0.1) is 0 Å². The van der Waals surface area contributed by atoms with Gasteiger partial charge in [0.2, 0.25) is 0 Å². The molecule has 1 atom stereocenters. The summed E-state index contributed by atoms with van der Waals surface area (Å²) >= 11 is 0. The van der Waals surface area contributed by atoms with E-state index in [-0.39, 0.29) is 18.4 Å². The van der Waals surface area contributed by atoms with Crippen LogP contribution in [0.2, 0.25) is 0 Å². The van der Waals surface area contributed by atoms with E-state index < -0.39 is 0 Å². The first-order valence-corrected chi connectivity index (χ1v) is 3.70. The molecule has 1 unspecified atom stereocenters. The average Bonchev–Trinajstić information content (AvgIpc) is 2.50. The summed E-state index contributed by atoms with van der Waals surface area (Å²) in [5.41, 5.74) is 5.78. The molecular weight excluding hydrogens is 174 g/mol. The molecule has 2 N–H and O–H groups in total. The van der Waals surface area contributed by atoms with E-state index in [2.05, 4.69) is 11.6 Å². The van der Waals surface area contributed by atoms with Gasteiger partial charge in [0.15, 0.2) is 0 Å². The lowest BCUT2D eigenvalue weighted by Crippen LogP contribution is -2.13. The molecule has 4 heteroatoms. The summed E-state index contributed by atoms with van der Waals surface area (Å²) in [7, 11) is 0. The summed E-state index contributed by atoms with van der Waals surface area (Å²) < 4.78 is 1.84. The third-order valence-corrected chi connectivity index (χ3v) is 1.67. The van der Waals surface area contributed by atoms with E-state index in [0.29, 0.717) is 0 Å². The van der Waals surface area contributed by atoms with Crippen molar-refractivity contribution in [3.8, 4) is 0 Å². The average molecular weight is 188 g/mol. The van der Waals surface area contributed by atoms with E-state index >= 15 is 0 Å². The molecule has 1 aromatic rings. The fourth-order valence-electron chi connectivity index (χ4n) is 0.949. The van der Waals surface area contributed by atoms with Gasteiger partial charge in [-0.05, 0) is 6.42 Å². The number of rotatable bonds is 3. The Bertz CT molecular complexity index is 244. The Kier molecular flexibility index (Phi) is 4.62.